The van der Waals surface area contributed by atoms with Crippen LogP contribution in [0.2, 0.25) is 0 Å². The van der Waals surface area contributed by atoms with E-state index in [2.05, 4.69) is 18.7 Å². The summed E-state index contributed by atoms with van der Waals surface area (Å²) in [6.07, 6.45) is 5.25. The number of likely N-dealkylation sites (tertiary alicyclic amines) is 1. The minimum Gasteiger partial charge on any atom is -0.508 e. The third-order valence-corrected chi connectivity index (χ3v) is 7.40. The fourth-order valence-corrected chi connectivity index (χ4v) is 5.48. The van der Waals surface area contributed by atoms with Crippen LogP contribution < -0.4 is 4.74 Å². The fraction of sp³-hybridized carbons (Fsp3) is 0.423. The molecule has 2 heterocycles. The molecule has 1 aromatic heterocycles. The maximum atomic E-state index is 13.4. The number of phenolic OH excluding ortho intramolecular Hbond substituents is 1. The van der Waals surface area contributed by atoms with Crippen molar-refractivity contribution in [1.82, 2.24) is 4.90 Å². The molecule has 4 rings (SSSR count). The number of fused-ring (bicyclic) bond motifs is 1. The Labute approximate surface area is 188 Å². The van der Waals surface area contributed by atoms with Gasteiger partial charge in [-0.25, -0.2) is 0 Å². The normalized spacial score (nSPS) is 15.3. The number of aromatic hydroxyl groups is 1. The van der Waals surface area contributed by atoms with Crippen molar-refractivity contribution in [2.45, 2.75) is 45.4 Å². The highest BCUT2D eigenvalue weighted by atomic mass is 32.1. The Morgan fingerprint density at radius 2 is 1.77 bits per heavy atom. The molecule has 1 saturated heterocycles. The number of carbonyl (C=O) groups is 1. The van der Waals surface area contributed by atoms with Crippen LogP contribution in [-0.2, 0) is 0 Å². The molecule has 1 aliphatic rings. The van der Waals surface area contributed by atoms with Crippen LogP contribution in [0.3, 0.4) is 0 Å². The fourth-order valence-electron chi connectivity index (χ4n) is 4.24. The molecule has 1 N–H and O–H groups in total. The Balaban J connectivity index is 1.46. The summed E-state index contributed by atoms with van der Waals surface area (Å²) in [7, 11) is 0. The van der Waals surface area contributed by atoms with Gasteiger partial charge in [0.05, 0.1) is 0 Å². The Kier molecular flexibility index (Phi) is 6.93. The van der Waals surface area contributed by atoms with E-state index in [-0.39, 0.29) is 17.5 Å². The van der Waals surface area contributed by atoms with Crippen molar-refractivity contribution in [2.24, 2.45) is 0 Å². The maximum Gasteiger partial charge on any atom is 0.194 e. The number of nitrogens with zero attached hydrogens (tertiary/aromatic N) is 1. The molecule has 0 amide bonds. The molecular weight excluding hydrogens is 406 g/mol. The topological polar surface area (TPSA) is 49.8 Å². The molecule has 0 bridgehead atoms. The molecular formula is C26H31NO3S. The van der Waals surface area contributed by atoms with Crippen LogP contribution in [0.4, 0.5) is 0 Å². The smallest absolute Gasteiger partial charge is 0.194 e. The van der Waals surface area contributed by atoms with Crippen molar-refractivity contribution in [3.8, 4) is 11.5 Å². The molecule has 0 saturated carbocycles. The Morgan fingerprint density at radius 3 is 2.45 bits per heavy atom. The summed E-state index contributed by atoms with van der Waals surface area (Å²) in [4.78, 5) is 16.9. The van der Waals surface area contributed by atoms with Crippen molar-refractivity contribution >= 4 is 27.2 Å². The van der Waals surface area contributed by atoms with Gasteiger partial charge in [0.2, 0.25) is 0 Å². The summed E-state index contributed by atoms with van der Waals surface area (Å²) in [5, 5.41) is 10.7. The quantitative estimate of drug-likeness (QED) is 0.446. The molecule has 1 fully saturated rings. The van der Waals surface area contributed by atoms with Crippen LogP contribution in [0.1, 0.15) is 66.2 Å². The zero-order valence-electron chi connectivity index (χ0n) is 18.4. The minimum absolute atomic E-state index is 0.0248. The molecule has 164 valence electrons. The lowest BCUT2D eigenvalue weighted by atomic mass is 9.96. The van der Waals surface area contributed by atoms with E-state index in [1.165, 1.54) is 38.8 Å². The zero-order chi connectivity index (χ0) is 21.8. The summed E-state index contributed by atoms with van der Waals surface area (Å²) >= 11 is 1.59. The Hall–Kier alpha value is -2.37. The molecule has 0 spiro atoms. The Morgan fingerprint density at radius 1 is 1.06 bits per heavy atom. The highest BCUT2D eigenvalue weighted by molar-refractivity contribution is 7.19. The van der Waals surface area contributed by atoms with E-state index in [9.17, 15) is 9.90 Å². The molecule has 2 aromatic carbocycles. The third kappa shape index (κ3) is 5.10. The molecule has 0 aliphatic carbocycles. The van der Waals surface area contributed by atoms with Crippen LogP contribution in [0.25, 0.3) is 10.1 Å². The standard InChI is InChI=1S/C26H31NO3S/c1-18(2)26-24(22-12-9-20(28)17-23(22)31-26)25(29)19-7-10-21(11-8-19)30-16-15-27-13-5-3-4-6-14-27/h7-12,17-18,28H,3-6,13-16H2,1-2H3. The van der Waals surface area contributed by atoms with Crippen LogP contribution in [0, 0.1) is 0 Å². The molecule has 0 atom stereocenters. The van der Waals surface area contributed by atoms with E-state index in [0.717, 1.165) is 32.8 Å². The van der Waals surface area contributed by atoms with Gasteiger partial charge in [-0.15, -0.1) is 11.3 Å². The first-order valence-electron chi connectivity index (χ1n) is 11.3. The molecule has 0 unspecified atom stereocenters. The third-order valence-electron chi connectivity index (χ3n) is 5.94. The predicted octanol–water partition coefficient (Wildman–Crippen LogP) is 6.22. The van der Waals surface area contributed by atoms with E-state index in [0.29, 0.717) is 12.2 Å². The lowest BCUT2D eigenvalue weighted by Crippen LogP contribution is -2.29. The SMILES string of the molecule is CC(C)c1sc2cc(O)ccc2c1C(=O)c1ccc(OCCN2CCCCCC2)cc1. The Bertz CT molecular complexity index is 1030. The number of rotatable bonds is 7. The van der Waals surface area contributed by atoms with Crippen LogP contribution in [0.15, 0.2) is 42.5 Å². The molecule has 31 heavy (non-hydrogen) atoms. The second-order valence-corrected chi connectivity index (χ2v) is 9.72. The van der Waals surface area contributed by atoms with Gasteiger partial charge in [0.1, 0.15) is 18.1 Å². The molecule has 1 aliphatic heterocycles. The number of ketones is 1. The monoisotopic (exact) mass is 437 g/mol. The first-order valence-corrected chi connectivity index (χ1v) is 12.1. The first-order chi connectivity index (χ1) is 15.0. The number of ether oxygens (including phenoxy) is 1. The van der Waals surface area contributed by atoms with Crippen molar-refractivity contribution in [1.29, 1.82) is 0 Å². The van der Waals surface area contributed by atoms with E-state index < -0.39 is 0 Å². The number of benzene rings is 2. The number of hydrogen-bond acceptors (Lipinski definition) is 5. The van der Waals surface area contributed by atoms with Crippen LogP contribution in [-0.4, -0.2) is 42.0 Å². The van der Waals surface area contributed by atoms with Gasteiger partial charge >= 0.3 is 0 Å². The second-order valence-electron chi connectivity index (χ2n) is 8.63. The zero-order valence-corrected chi connectivity index (χ0v) is 19.2. The highest BCUT2D eigenvalue weighted by Gasteiger charge is 2.22. The predicted molar refractivity (Wildman–Crippen MR) is 128 cm³/mol. The van der Waals surface area contributed by atoms with Crippen molar-refractivity contribution in [3.05, 3.63) is 58.5 Å². The van der Waals surface area contributed by atoms with Gasteiger partial charge in [0.15, 0.2) is 5.78 Å². The minimum atomic E-state index is 0.0248. The summed E-state index contributed by atoms with van der Waals surface area (Å²) in [6.45, 7) is 8.16. The molecule has 3 aromatic rings. The number of thiophene rings is 1. The highest BCUT2D eigenvalue weighted by Crippen LogP contribution is 2.38. The molecule has 5 heteroatoms. The number of phenols is 1. The van der Waals surface area contributed by atoms with Crippen LogP contribution in [0.5, 0.6) is 11.5 Å². The van der Waals surface area contributed by atoms with Gasteiger partial charge in [-0.1, -0.05) is 26.7 Å². The van der Waals surface area contributed by atoms with Gasteiger partial charge in [-0.2, -0.15) is 0 Å². The number of hydrogen-bond donors (Lipinski definition) is 1. The first kappa shape index (κ1) is 21.8. The second kappa shape index (κ2) is 9.84. The van der Waals surface area contributed by atoms with Gasteiger partial charge < -0.3 is 9.84 Å². The van der Waals surface area contributed by atoms with E-state index in [1.54, 1.807) is 23.5 Å². The maximum absolute atomic E-state index is 13.4. The lowest BCUT2D eigenvalue weighted by Gasteiger charge is -2.19. The van der Waals surface area contributed by atoms with Gasteiger partial charge in [-0.05, 0) is 74.3 Å². The van der Waals surface area contributed by atoms with Gasteiger partial charge in [0, 0.05) is 32.6 Å². The average Bonchev–Trinajstić information content (AvgIpc) is 2.94. The summed E-state index contributed by atoms with van der Waals surface area (Å²) in [6, 6.07) is 12.7. The van der Waals surface area contributed by atoms with Gasteiger partial charge in [0.25, 0.3) is 0 Å². The average molecular weight is 438 g/mol. The van der Waals surface area contributed by atoms with Crippen LogP contribution >= 0.6 is 11.3 Å². The lowest BCUT2D eigenvalue weighted by molar-refractivity contribution is 0.103. The van der Waals surface area contributed by atoms with Crippen molar-refractivity contribution < 1.29 is 14.6 Å². The summed E-state index contributed by atoms with van der Waals surface area (Å²) < 4.78 is 6.89. The van der Waals surface area contributed by atoms with Crippen molar-refractivity contribution in [2.75, 3.05) is 26.2 Å². The largest absolute Gasteiger partial charge is 0.508 e. The summed E-state index contributed by atoms with van der Waals surface area (Å²) in [5.74, 6) is 1.29. The van der Waals surface area contributed by atoms with E-state index >= 15 is 0 Å². The van der Waals surface area contributed by atoms with E-state index in [4.69, 9.17) is 4.74 Å². The molecule has 4 nitrogen and oxygen atoms in total. The number of carbonyl (C=O) groups excluding carboxylic acids is 1. The summed E-state index contributed by atoms with van der Waals surface area (Å²) in [5.41, 5.74) is 1.42. The molecule has 0 radical (unpaired) electrons. The van der Waals surface area contributed by atoms with E-state index in [1.807, 2.05) is 30.3 Å². The van der Waals surface area contributed by atoms with Crippen molar-refractivity contribution in [3.63, 3.8) is 0 Å². The van der Waals surface area contributed by atoms with Gasteiger partial charge in [-0.3, -0.25) is 9.69 Å².